The van der Waals surface area contributed by atoms with Gasteiger partial charge in [-0.3, -0.25) is 4.79 Å². The molecule has 0 spiro atoms. The van der Waals surface area contributed by atoms with Crippen molar-refractivity contribution in [3.63, 3.8) is 0 Å². The minimum absolute atomic E-state index is 0.0219. The van der Waals surface area contributed by atoms with E-state index in [2.05, 4.69) is 25.2 Å². The van der Waals surface area contributed by atoms with Crippen molar-refractivity contribution >= 4 is 11.6 Å². The molecule has 0 aromatic heterocycles. The van der Waals surface area contributed by atoms with Crippen molar-refractivity contribution in [3.8, 4) is 0 Å². The van der Waals surface area contributed by atoms with Crippen molar-refractivity contribution in [1.29, 1.82) is 0 Å². The molecule has 1 atom stereocenters. The Bertz CT molecular complexity index is 647. The maximum Gasteiger partial charge on any atom is 0.228 e. The lowest BCUT2D eigenvalue weighted by atomic mass is 10.0. The standard InChI is InChI=1S/C18H22N2O/c1-12-8-9-15(10-13(12)2)11-18(21)20-17-7-5-4-6-16(17)14(3)19/h4-10,14H,11,19H2,1-3H3,(H,20,21). The molecule has 21 heavy (non-hydrogen) atoms. The largest absolute Gasteiger partial charge is 0.325 e. The van der Waals surface area contributed by atoms with Crippen molar-refractivity contribution in [3.05, 3.63) is 64.7 Å². The number of hydrogen-bond acceptors (Lipinski definition) is 2. The second-order valence-electron chi connectivity index (χ2n) is 5.52. The number of anilines is 1. The van der Waals surface area contributed by atoms with E-state index in [1.54, 1.807) is 0 Å². The maximum atomic E-state index is 12.2. The van der Waals surface area contributed by atoms with E-state index in [-0.39, 0.29) is 11.9 Å². The third-order valence-corrected chi connectivity index (χ3v) is 3.66. The number of hydrogen-bond donors (Lipinski definition) is 2. The molecule has 2 aromatic carbocycles. The van der Waals surface area contributed by atoms with Crippen LogP contribution in [0.25, 0.3) is 0 Å². The van der Waals surface area contributed by atoms with Crippen LogP contribution in [0, 0.1) is 13.8 Å². The number of nitrogens with two attached hydrogens (primary N) is 1. The van der Waals surface area contributed by atoms with E-state index in [0.717, 1.165) is 16.8 Å². The van der Waals surface area contributed by atoms with Gasteiger partial charge in [-0.25, -0.2) is 0 Å². The van der Waals surface area contributed by atoms with Crippen LogP contribution in [0.5, 0.6) is 0 Å². The van der Waals surface area contributed by atoms with Crippen LogP contribution in [-0.4, -0.2) is 5.91 Å². The Kier molecular flexibility index (Phi) is 4.76. The van der Waals surface area contributed by atoms with Gasteiger partial charge in [0.25, 0.3) is 0 Å². The lowest BCUT2D eigenvalue weighted by molar-refractivity contribution is -0.115. The van der Waals surface area contributed by atoms with E-state index >= 15 is 0 Å². The predicted octanol–water partition coefficient (Wildman–Crippen LogP) is 3.50. The molecule has 0 bridgehead atoms. The van der Waals surface area contributed by atoms with Crippen molar-refractivity contribution in [2.75, 3.05) is 5.32 Å². The Morgan fingerprint density at radius 1 is 1.14 bits per heavy atom. The zero-order chi connectivity index (χ0) is 15.4. The van der Waals surface area contributed by atoms with Crippen LogP contribution in [-0.2, 0) is 11.2 Å². The molecule has 3 heteroatoms. The first kappa shape index (κ1) is 15.3. The summed E-state index contributed by atoms with van der Waals surface area (Å²) in [5.41, 5.74) is 11.1. The molecule has 2 aromatic rings. The number of carbonyl (C=O) groups is 1. The number of para-hydroxylation sites is 1. The van der Waals surface area contributed by atoms with E-state index in [4.69, 9.17) is 5.73 Å². The molecule has 1 amide bonds. The third kappa shape index (κ3) is 3.92. The Morgan fingerprint density at radius 2 is 1.86 bits per heavy atom. The lowest BCUT2D eigenvalue weighted by Gasteiger charge is -2.13. The highest BCUT2D eigenvalue weighted by Crippen LogP contribution is 2.21. The molecule has 0 heterocycles. The average molecular weight is 282 g/mol. The Morgan fingerprint density at radius 3 is 2.52 bits per heavy atom. The quantitative estimate of drug-likeness (QED) is 0.901. The highest BCUT2D eigenvalue weighted by Gasteiger charge is 2.10. The van der Waals surface area contributed by atoms with Gasteiger partial charge in [-0.05, 0) is 49.1 Å². The second kappa shape index (κ2) is 6.55. The lowest BCUT2D eigenvalue weighted by Crippen LogP contribution is -2.17. The Labute approximate surface area is 126 Å². The first-order chi connectivity index (χ1) is 9.97. The zero-order valence-corrected chi connectivity index (χ0v) is 12.8. The summed E-state index contributed by atoms with van der Waals surface area (Å²) in [6.07, 6.45) is 0.369. The van der Waals surface area contributed by atoms with Gasteiger partial charge in [0.05, 0.1) is 6.42 Å². The van der Waals surface area contributed by atoms with Crippen LogP contribution in [0.3, 0.4) is 0 Å². The summed E-state index contributed by atoms with van der Waals surface area (Å²) >= 11 is 0. The molecule has 0 saturated carbocycles. The van der Waals surface area contributed by atoms with Crippen molar-refractivity contribution in [2.24, 2.45) is 5.73 Å². The van der Waals surface area contributed by atoms with Crippen molar-refractivity contribution in [1.82, 2.24) is 0 Å². The summed E-state index contributed by atoms with van der Waals surface area (Å²) < 4.78 is 0. The summed E-state index contributed by atoms with van der Waals surface area (Å²) in [4.78, 5) is 12.2. The molecule has 3 N–H and O–H groups in total. The molecule has 2 rings (SSSR count). The number of amides is 1. The fourth-order valence-electron chi connectivity index (χ4n) is 2.30. The van der Waals surface area contributed by atoms with Crippen LogP contribution >= 0.6 is 0 Å². The highest BCUT2D eigenvalue weighted by atomic mass is 16.1. The number of benzene rings is 2. The molecule has 1 unspecified atom stereocenters. The molecule has 0 aliphatic heterocycles. The SMILES string of the molecule is Cc1ccc(CC(=O)Nc2ccccc2C(C)N)cc1C. The van der Waals surface area contributed by atoms with Crippen LogP contribution in [0.15, 0.2) is 42.5 Å². The number of aryl methyl sites for hydroxylation is 2. The second-order valence-corrected chi connectivity index (χ2v) is 5.52. The Balaban J connectivity index is 2.10. The van der Waals surface area contributed by atoms with E-state index in [0.29, 0.717) is 6.42 Å². The minimum atomic E-state index is -0.108. The minimum Gasteiger partial charge on any atom is -0.325 e. The monoisotopic (exact) mass is 282 g/mol. The van der Waals surface area contributed by atoms with Gasteiger partial charge >= 0.3 is 0 Å². The number of carbonyl (C=O) groups excluding carboxylic acids is 1. The van der Waals surface area contributed by atoms with E-state index in [9.17, 15) is 4.79 Å². The third-order valence-electron chi connectivity index (χ3n) is 3.66. The van der Waals surface area contributed by atoms with Gasteiger partial charge in [-0.1, -0.05) is 36.4 Å². The average Bonchev–Trinajstić information content (AvgIpc) is 2.43. The predicted molar refractivity (Wildman–Crippen MR) is 87.3 cm³/mol. The maximum absolute atomic E-state index is 12.2. The molecule has 0 aliphatic rings. The van der Waals surface area contributed by atoms with Crippen LogP contribution in [0.1, 0.15) is 35.2 Å². The molecule has 0 radical (unpaired) electrons. The molecule has 0 fully saturated rings. The molecule has 3 nitrogen and oxygen atoms in total. The first-order valence-electron chi connectivity index (χ1n) is 7.18. The van der Waals surface area contributed by atoms with Gasteiger partial charge in [0.1, 0.15) is 0 Å². The van der Waals surface area contributed by atoms with Gasteiger partial charge < -0.3 is 11.1 Å². The highest BCUT2D eigenvalue weighted by molar-refractivity contribution is 5.93. The molecular weight excluding hydrogens is 260 g/mol. The fourth-order valence-corrected chi connectivity index (χ4v) is 2.30. The van der Waals surface area contributed by atoms with E-state index < -0.39 is 0 Å². The van der Waals surface area contributed by atoms with Gasteiger partial charge in [0.15, 0.2) is 0 Å². The molecule has 0 aliphatic carbocycles. The zero-order valence-electron chi connectivity index (χ0n) is 12.8. The van der Waals surface area contributed by atoms with Gasteiger partial charge in [0.2, 0.25) is 5.91 Å². The molecule has 110 valence electrons. The molecule has 0 saturated heterocycles. The summed E-state index contributed by atoms with van der Waals surface area (Å²) in [7, 11) is 0. The van der Waals surface area contributed by atoms with Crippen molar-refractivity contribution in [2.45, 2.75) is 33.2 Å². The van der Waals surface area contributed by atoms with Crippen LogP contribution in [0.4, 0.5) is 5.69 Å². The fraction of sp³-hybridized carbons (Fsp3) is 0.278. The summed E-state index contributed by atoms with van der Waals surface area (Å²) in [6, 6.07) is 13.7. The van der Waals surface area contributed by atoms with Gasteiger partial charge in [-0.15, -0.1) is 0 Å². The normalized spacial score (nSPS) is 12.0. The van der Waals surface area contributed by atoms with Crippen LogP contribution < -0.4 is 11.1 Å². The first-order valence-corrected chi connectivity index (χ1v) is 7.18. The van der Waals surface area contributed by atoms with Crippen molar-refractivity contribution < 1.29 is 4.79 Å². The van der Waals surface area contributed by atoms with E-state index in [1.807, 2.05) is 43.3 Å². The smallest absolute Gasteiger partial charge is 0.228 e. The summed E-state index contributed by atoms with van der Waals surface area (Å²) in [5.74, 6) is -0.0219. The van der Waals surface area contributed by atoms with Gasteiger partial charge in [-0.2, -0.15) is 0 Å². The topological polar surface area (TPSA) is 55.1 Å². The van der Waals surface area contributed by atoms with Crippen LogP contribution in [0.2, 0.25) is 0 Å². The summed E-state index contributed by atoms with van der Waals surface area (Å²) in [5, 5.41) is 2.96. The molecular formula is C18H22N2O. The number of rotatable bonds is 4. The Hall–Kier alpha value is -2.13. The summed E-state index contributed by atoms with van der Waals surface area (Å²) in [6.45, 7) is 6.04. The van der Waals surface area contributed by atoms with E-state index in [1.165, 1.54) is 11.1 Å². The number of nitrogens with one attached hydrogen (secondary N) is 1. The van der Waals surface area contributed by atoms with Gasteiger partial charge in [0, 0.05) is 11.7 Å².